The van der Waals surface area contributed by atoms with Gasteiger partial charge in [-0.05, 0) is 24.1 Å². The first-order chi connectivity index (χ1) is 7.22. The van der Waals surface area contributed by atoms with E-state index in [2.05, 4.69) is 0 Å². The zero-order valence-corrected chi connectivity index (χ0v) is 8.60. The van der Waals surface area contributed by atoms with Crippen molar-refractivity contribution in [2.24, 2.45) is 0 Å². The van der Waals surface area contributed by atoms with Gasteiger partial charge >= 0.3 is 5.97 Å². The van der Waals surface area contributed by atoms with Gasteiger partial charge in [-0.1, -0.05) is 12.1 Å². The molecule has 0 unspecified atom stereocenters. The van der Waals surface area contributed by atoms with E-state index >= 15 is 0 Å². The van der Waals surface area contributed by atoms with Gasteiger partial charge in [-0.3, -0.25) is 0 Å². The Morgan fingerprint density at radius 3 is 2.93 bits per heavy atom. The quantitative estimate of drug-likeness (QED) is 0.720. The number of rotatable bonds is 6. The summed E-state index contributed by atoms with van der Waals surface area (Å²) in [5.74, 6) is -0.147. The van der Waals surface area contributed by atoms with Crippen LogP contribution in [0.15, 0.2) is 24.3 Å². The Morgan fingerprint density at radius 2 is 2.27 bits per heavy atom. The van der Waals surface area contributed by atoms with Gasteiger partial charge < -0.3 is 14.6 Å². The van der Waals surface area contributed by atoms with Crippen LogP contribution in [0.5, 0.6) is 5.75 Å². The smallest absolute Gasteiger partial charge is 0.329 e. The standard InChI is InChI=1S/C11H14O4/c1-14-10-4-2-3-9(7-10)5-6-15-8-11(12)13/h2-4,7H,5-6,8H2,1H3,(H,12,13). The number of hydrogen-bond donors (Lipinski definition) is 1. The second-order valence-corrected chi connectivity index (χ2v) is 3.05. The second kappa shape index (κ2) is 6.03. The van der Waals surface area contributed by atoms with Crippen molar-refractivity contribution in [2.45, 2.75) is 6.42 Å². The molecule has 0 aliphatic rings. The van der Waals surface area contributed by atoms with Crippen LogP contribution < -0.4 is 4.74 Å². The molecule has 82 valence electrons. The van der Waals surface area contributed by atoms with E-state index in [1.54, 1.807) is 7.11 Å². The predicted molar refractivity (Wildman–Crippen MR) is 55.2 cm³/mol. The Bertz CT molecular complexity index is 322. The summed E-state index contributed by atoms with van der Waals surface area (Å²) in [4.78, 5) is 10.2. The SMILES string of the molecule is COc1cccc(CCOCC(=O)O)c1. The number of carbonyl (C=O) groups is 1. The van der Waals surface area contributed by atoms with Gasteiger partial charge in [-0.25, -0.2) is 4.79 Å². The van der Waals surface area contributed by atoms with E-state index in [-0.39, 0.29) is 6.61 Å². The zero-order valence-electron chi connectivity index (χ0n) is 8.60. The molecular formula is C11H14O4. The maximum absolute atomic E-state index is 10.2. The first kappa shape index (κ1) is 11.5. The van der Waals surface area contributed by atoms with Crippen LogP contribution in [0.4, 0.5) is 0 Å². The summed E-state index contributed by atoms with van der Waals surface area (Å²) < 4.78 is 10.00. The van der Waals surface area contributed by atoms with Gasteiger partial charge in [-0.15, -0.1) is 0 Å². The van der Waals surface area contributed by atoms with E-state index < -0.39 is 5.97 Å². The normalized spacial score (nSPS) is 9.93. The van der Waals surface area contributed by atoms with E-state index in [1.807, 2.05) is 24.3 Å². The van der Waals surface area contributed by atoms with Crippen molar-refractivity contribution in [1.29, 1.82) is 0 Å². The van der Waals surface area contributed by atoms with Crippen LogP contribution in [0, 0.1) is 0 Å². The van der Waals surface area contributed by atoms with Gasteiger partial charge in [0.2, 0.25) is 0 Å². The van der Waals surface area contributed by atoms with Gasteiger partial charge in [-0.2, -0.15) is 0 Å². The third-order valence-electron chi connectivity index (χ3n) is 1.89. The molecule has 0 bridgehead atoms. The first-order valence-electron chi connectivity index (χ1n) is 4.65. The van der Waals surface area contributed by atoms with Gasteiger partial charge in [0, 0.05) is 0 Å². The van der Waals surface area contributed by atoms with Crippen LogP contribution >= 0.6 is 0 Å². The molecule has 0 fully saturated rings. The Morgan fingerprint density at radius 1 is 1.47 bits per heavy atom. The maximum Gasteiger partial charge on any atom is 0.329 e. The third kappa shape index (κ3) is 4.46. The summed E-state index contributed by atoms with van der Waals surface area (Å²) in [7, 11) is 1.61. The molecule has 1 aromatic carbocycles. The Hall–Kier alpha value is -1.55. The number of benzene rings is 1. The lowest BCUT2D eigenvalue weighted by Crippen LogP contribution is -2.09. The highest BCUT2D eigenvalue weighted by Gasteiger charge is 1.98. The summed E-state index contributed by atoms with van der Waals surface area (Å²) in [6, 6.07) is 7.61. The van der Waals surface area contributed by atoms with Crippen molar-refractivity contribution in [3.63, 3.8) is 0 Å². The van der Waals surface area contributed by atoms with Crippen molar-refractivity contribution < 1.29 is 19.4 Å². The molecule has 0 aliphatic heterocycles. The molecule has 4 heteroatoms. The van der Waals surface area contributed by atoms with Gasteiger partial charge in [0.1, 0.15) is 12.4 Å². The molecule has 1 rings (SSSR count). The molecule has 0 aromatic heterocycles. The molecule has 0 aliphatic carbocycles. The summed E-state index contributed by atoms with van der Waals surface area (Å²) in [6.45, 7) is 0.156. The molecule has 4 nitrogen and oxygen atoms in total. The minimum absolute atomic E-state index is 0.246. The highest BCUT2D eigenvalue weighted by atomic mass is 16.5. The molecule has 0 saturated heterocycles. The summed E-state index contributed by atoms with van der Waals surface area (Å²) in [5.41, 5.74) is 1.07. The highest BCUT2D eigenvalue weighted by molar-refractivity contribution is 5.67. The average Bonchev–Trinajstić information content (AvgIpc) is 2.24. The summed E-state index contributed by atoms with van der Waals surface area (Å²) >= 11 is 0. The number of ether oxygens (including phenoxy) is 2. The topological polar surface area (TPSA) is 55.8 Å². The molecule has 0 saturated carbocycles. The molecule has 0 heterocycles. The molecule has 0 atom stereocenters. The molecule has 15 heavy (non-hydrogen) atoms. The molecule has 0 spiro atoms. The zero-order chi connectivity index (χ0) is 11.1. The van der Waals surface area contributed by atoms with Crippen molar-refractivity contribution in [3.05, 3.63) is 29.8 Å². The fraction of sp³-hybridized carbons (Fsp3) is 0.364. The third-order valence-corrected chi connectivity index (χ3v) is 1.89. The number of hydrogen-bond acceptors (Lipinski definition) is 3. The van der Waals surface area contributed by atoms with Crippen LogP contribution in [0.1, 0.15) is 5.56 Å². The van der Waals surface area contributed by atoms with Crippen molar-refractivity contribution in [3.8, 4) is 5.75 Å². The van der Waals surface area contributed by atoms with Gasteiger partial charge in [0.25, 0.3) is 0 Å². The van der Waals surface area contributed by atoms with E-state index in [9.17, 15) is 4.79 Å². The van der Waals surface area contributed by atoms with Crippen molar-refractivity contribution in [2.75, 3.05) is 20.3 Å². The van der Waals surface area contributed by atoms with Crippen LogP contribution in [-0.2, 0) is 16.0 Å². The van der Waals surface area contributed by atoms with Crippen LogP contribution in [0.25, 0.3) is 0 Å². The number of methoxy groups -OCH3 is 1. The lowest BCUT2D eigenvalue weighted by Gasteiger charge is -2.04. The van der Waals surface area contributed by atoms with E-state index in [1.165, 1.54) is 0 Å². The monoisotopic (exact) mass is 210 g/mol. The molecule has 1 N–H and O–H groups in total. The predicted octanol–water partition coefficient (Wildman–Crippen LogP) is 1.34. The fourth-order valence-corrected chi connectivity index (χ4v) is 1.18. The number of carboxylic acids is 1. The minimum Gasteiger partial charge on any atom is -0.497 e. The molecule has 0 radical (unpaired) electrons. The van der Waals surface area contributed by atoms with Crippen LogP contribution in [0.2, 0.25) is 0 Å². The summed E-state index contributed by atoms with van der Waals surface area (Å²) in [6.07, 6.45) is 0.685. The van der Waals surface area contributed by atoms with E-state index in [4.69, 9.17) is 14.6 Å². The van der Waals surface area contributed by atoms with Crippen LogP contribution in [-0.4, -0.2) is 31.4 Å². The Labute approximate surface area is 88.4 Å². The Balaban J connectivity index is 2.33. The largest absolute Gasteiger partial charge is 0.497 e. The first-order valence-corrected chi connectivity index (χ1v) is 4.65. The highest BCUT2D eigenvalue weighted by Crippen LogP contribution is 2.12. The van der Waals surface area contributed by atoms with Gasteiger partial charge in [0.15, 0.2) is 0 Å². The van der Waals surface area contributed by atoms with E-state index in [0.717, 1.165) is 11.3 Å². The minimum atomic E-state index is -0.944. The van der Waals surface area contributed by atoms with Crippen molar-refractivity contribution >= 4 is 5.97 Å². The fourth-order valence-electron chi connectivity index (χ4n) is 1.18. The van der Waals surface area contributed by atoms with E-state index in [0.29, 0.717) is 13.0 Å². The molecule has 1 aromatic rings. The molecular weight excluding hydrogens is 196 g/mol. The lowest BCUT2D eigenvalue weighted by molar-refractivity contribution is -0.142. The Kier molecular flexibility index (Phi) is 4.63. The second-order valence-electron chi connectivity index (χ2n) is 3.05. The summed E-state index contributed by atoms with van der Waals surface area (Å²) in [5, 5.41) is 8.35. The number of carboxylic acid groups (broad SMARTS) is 1. The average molecular weight is 210 g/mol. The lowest BCUT2D eigenvalue weighted by atomic mass is 10.1. The molecule has 0 amide bonds. The van der Waals surface area contributed by atoms with Gasteiger partial charge in [0.05, 0.1) is 13.7 Å². The van der Waals surface area contributed by atoms with Crippen molar-refractivity contribution in [1.82, 2.24) is 0 Å². The van der Waals surface area contributed by atoms with Crippen LogP contribution in [0.3, 0.4) is 0 Å². The maximum atomic E-state index is 10.2. The number of aliphatic carboxylic acids is 1.